The number of nitrogen functional groups attached to an aromatic ring is 1. The number of carbonyl (C=O) groups excluding carboxylic acids is 1. The molecular formula is C12H15FN2O3. The Labute approximate surface area is 104 Å². The molecule has 18 heavy (non-hydrogen) atoms. The Kier molecular flexibility index (Phi) is 3.78. The summed E-state index contributed by atoms with van der Waals surface area (Å²) in [6.45, 7) is 0.756. The zero-order valence-electron chi connectivity index (χ0n) is 9.80. The molecule has 1 amide bonds. The van der Waals surface area contributed by atoms with Gasteiger partial charge in [-0.2, -0.15) is 0 Å². The lowest BCUT2D eigenvalue weighted by Crippen LogP contribution is -2.50. The van der Waals surface area contributed by atoms with Gasteiger partial charge in [-0.3, -0.25) is 4.79 Å². The van der Waals surface area contributed by atoms with E-state index in [1.165, 1.54) is 17.0 Å². The van der Waals surface area contributed by atoms with E-state index in [0.29, 0.717) is 18.8 Å². The minimum absolute atomic E-state index is 0.0737. The third-order valence-corrected chi connectivity index (χ3v) is 2.92. The fourth-order valence-electron chi connectivity index (χ4n) is 1.93. The fraction of sp³-hybridized carbons (Fsp3) is 0.417. The highest BCUT2D eigenvalue weighted by Gasteiger charge is 2.29. The van der Waals surface area contributed by atoms with E-state index in [9.17, 15) is 14.3 Å². The number of hydrogen-bond donors (Lipinski definition) is 2. The number of ether oxygens (including phenoxy) is 1. The van der Waals surface area contributed by atoms with Gasteiger partial charge in [-0.25, -0.2) is 4.39 Å². The van der Waals surface area contributed by atoms with E-state index in [2.05, 4.69) is 0 Å². The number of carbonyl (C=O) groups is 1. The highest BCUT2D eigenvalue weighted by molar-refractivity contribution is 5.95. The van der Waals surface area contributed by atoms with Crippen LogP contribution in [0.3, 0.4) is 0 Å². The Hall–Kier alpha value is -1.66. The van der Waals surface area contributed by atoms with Gasteiger partial charge in [0.2, 0.25) is 0 Å². The Bertz CT molecular complexity index is 453. The predicted octanol–water partition coefficient (Wildman–Crippen LogP) is 0.241. The lowest BCUT2D eigenvalue weighted by molar-refractivity contribution is -0.0185. The van der Waals surface area contributed by atoms with Crippen molar-refractivity contribution in [2.45, 2.75) is 6.04 Å². The maximum Gasteiger partial charge on any atom is 0.257 e. The molecule has 1 fully saturated rings. The van der Waals surface area contributed by atoms with E-state index in [-0.39, 0.29) is 18.8 Å². The highest BCUT2D eigenvalue weighted by atomic mass is 19.1. The number of morpholine rings is 1. The van der Waals surface area contributed by atoms with Crippen LogP contribution in [0.2, 0.25) is 0 Å². The van der Waals surface area contributed by atoms with Crippen molar-refractivity contribution in [1.29, 1.82) is 0 Å². The van der Waals surface area contributed by atoms with Crippen molar-refractivity contribution in [2.24, 2.45) is 0 Å². The average Bonchev–Trinajstić information content (AvgIpc) is 2.40. The molecule has 2 rings (SSSR count). The van der Waals surface area contributed by atoms with Crippen molar-refractivity contribution in [3.63, 3.8) is 0 Å². The van der Waals surface area contributed by atoms with Gasteiger partial charge < -0.3 is 20.5 Å². The van der Waals surface area contributed by atoms with E-state index >= 15 is 0 Å². The van der Waals surface area contributed by atoms with Crippen LogP contribution in [-0.2, 0) is 4.74 Å². The summed E-state index contributed by atoms with van der Waals surface area (Å²) in [5.74, 6) is -1.08. The van der Waals surface area contributed by atoms with Crippen LogP contribution in [0.15, 0.2) is 18.2 Å². The number of hydrogen-bond acceptors (Lipinski definition) is 4. The van der Waals surface area contributed by atoms with Gasteiger partial charge in [-0.15, -0.1) is 0 Å². The van der Waals surface area contributed by atoms with Gasteiger partial charge in [0.05, 0.1) is 31.4 Å². The summed E-state index contributed by atoms with van der Waals surface area (Å²) in [5.41, 5.74) is 5.80. The fourth-order valence-corrected chi connectivity index (χ4v) is 1.93. The van der Waals surface area contributed by atoms with E-state index in [4.69, 9.17) is 10.5 Å². The molecule has 0 saturated carbocycles. The summed E-state index contributed by atoms with van der Waals surface area (Å²) in [6.07, 6.45) is 0. The Morgan fingerprint density at radius 1 is 1.61 bits per heavy atom. The number of amides is 1. The molecule has 1 heterocycles. The molecule has 1 atom stereocenters. The highest BCUT2D eigenvalue weighted by Crippen LogP contribution is 2.17. The molecule has 0 radical (unpaired) electrons. The number of nitrogens with zero attached hydrogens (tertiary/aromatic N) is 1. The van der Waals surface area contributed by atoms with E-state index in [1.54, 1.807) is 0 Å². The van der Waals surface area contributed by atoms with Crippen LogP contribution in [0.25, 0.3) is 0 Å². The van der Waals surface area contributed by atoms with Gasteiger partial charge >= 0.3 is 0 Å². The van der Waals surface area contributed by atoms with Gasteiger partial charge in [0.1, 0.15) is 5.82 Å². The maximum atomic E-state index is 13.6. The number of aliphatic hydroxyl groups is 1. The van der Waals surface area contributed by atoms with Crippen molar-refractivity contribution in [2.75, 3.05) is 32.1 Å². The first-order valence-corrected chi connectivity index (χ1v) is 5.68. The monoisotopic (exact) mass is 254 g/mol. The van der Waals surface area contributed by atoms with Crippen molar-refractivity contribution < 1.29 is 19.0 Å². The SMILES string of the molecule is Nc1ccc(F)c(C(=O)N2CCOCC2CO)c1. The van der Waals surface area contributed by atoms with Crippen molar-refractivity contribution in [3.8, 4) is 0 Å². The number of rotatable bonds is 2. The number of halogens is 1. The molecule has 0 bridgehead atoms. The molecule has 1 aliphatic rings. The lowest BCUT2D eigenvalue weighted by atomic mass is 10.1. The smallest absolute Gasteiger partial charge is 0.257 e. The van der Waals surface area contributed by atoms with E-state index in [1.807, 2.05) is 0 Å². The quantitative estimate of drug-likeness (QED) is 0.741. The minimum atomic E-state index is -0.614. The molecule has 6 heteroatoms. The van der Waals surface area contributed by atoms with Crippen LogP contribution in [0, 0.1) is 5.82 Å². The summed E-state index contributed by atoms with van der Waals surface area (Å²) in [7, 11) is 0. The largest absolute Gasteiger partial charge is 0.399 e. The number of benzene rings is 1. The maximum absolute atomic E-state index is 13.6. The first-order chi connectivity index (χ1) is 8.63. The normalized spacial score (nSPS) is 19.9. The second-order valence-corrected chi connectivity index (χ2v) is 4.15. The molecule has 0 spiro atoms. The van der Waals surface area contributed by atoms with Crippen molar-refractivity contribution in [3.05, 3.63) is 29.6 Å². The molecule has 0 aromatic heterocycles. The molecular weight excluding hydrogens is 239 g/mol. The average molecular weight is 254 g/mol. The van der Waals surface area contributed by atoms with Gasteiger partial charge in [-0.1, -0.05) is 0 Å². The zero-order valence-corrected chi connectivity index (χ0v) is 9.80. The first kappa shape index (κ1) is 12.8. The lowest BCUT2D eigenvalue weighted by Gasteiger charge is -2.34. The number of aliphatic hydroxyl groups excluding tert-OH is 1. The molecule has 1 saturated heterocycles. The van der Waals surface area contributed by atoms with Crippen LogP contribution in [0.5, 0.6) is 0 Å². The minimum Gasteiger partial charge on any atom is -0.399 e. The molecule has 1 unspecified atom stereocenters. The number of nitrogens with two attached hydrogens (primary N) is 1. The van der Waals surface area contributed by atoms with Crippen LogP contribution in [0.4, 0.5) is 10.1 Å². The van der Waals surface area contributed by atoms with E-state index in [0.717, 1.165) is 6.07 Å². The third-order valence-electron chi connectivity index (χ3n) is 2.92. The van der Waals surface area contributed by atoms with Crippen molar-refractivity contribution in [1.82, 2.24) is 4.90 Å². The molecule has 3 N–H and O–H groups in total. The Balaban J connectivity index is 2.26. The number of anilines is 1. The second-order valence-electron chi connectivity index (χ2n) is 4.15. The molecule has 98 valence electrons. The Morgan fingerprint density at radius 3 is 3.11 bits per heavy atom. The molecule has 1 aliphatic heterocycles. The molecule has 1 aromatic rings. The van der Waals surface area contributed by atoms with E-state index < -0.39 is 17.8 Å². The third kappa shape index (κ3) is 2.44. The van der Waals surface area contributed by atoms with Crippen LogP contribution >= 0.6 is 0 Å². The molecule has 0 aliphatic carbocycles. The summed E-state index contributed by atoms with van der Waals surface area (Å²) in [5, 5.41) is 9.19. The topological polar surface area (TPSA) is 75.8 Å². The standard InChI is InChI=1S/C12H15FN2O3/c13-11-2-1-8(14)5-10(11)12(17)15-3-4-18-7-9(15)6-16/h1-2,5,9,16H,3-4,6-7,14H2. The van der Waals surface area contributed by atoms with Gasteiger partial charge in [-0.05, 0) is 18.2 Å². The van der Waals surface area contributed by atoms with Crippen LogP contribution < -0.4 is 5.73 Å². The summed E-state index contributed by atoms with van der Waals surface area (Å²) in [6, 6.07) is 3.43. The van der Waals surface area contributed by atoms with Crippen LogP contribution in [0.1, 0.15) is 10.4 Å². The van der Waals surface area contributed by atoms with Crippen LogP contribution in [-0.4, -0.2) is 48.3 Å². The summed E-state index contributed by atoms with van der Waals surface area (Å²) < 4.78 is 18.8. The molecule has 5 nitrogen and oxygen atoms in total. The van der Waals surface area contributed by atoms with Gasteiger partial charge in [0.15, 0.2) is 0 Å². The molecule has 1 aromatic carbocycles. The Morgan fingerprint density at radius 2 is 2.39 bits per heavy atom. The second kappa shape index (κ2) is 5.32. The first-order valence-electron chi connectivity index (χ1n) is 5.68. The van der Waals surface area contributed by atoms with Gasteiger partial charge in [0.25, 0.3) is 5.91 Å². The van der Waals surface area contributed by atoms with Crippen molar-refractivity contribution >= 4 is 11.6 Å². The predicted molar refractivity (Wildman–Crippen MR) is 63.5 cm³/mol. The summed E-state index contributed by atoms with van der Waals surface area (Å²) in [4.78, 5) is 13.6. The summed E-state index contributed by atoms with van der Waals surface area (Å²) >= 11 is 0. The zero-order chi connectivity index (χ0) is 13.1. The van der Waals surface area contributed by atoms with Gasteiger partial charge in [0, 0.05) is 12.2 Å².